The van der Waals surface area contributed by atoms with Gasteiger partial charge in [-0.2, -0.15) is 0 Å². The Morgan fingerprint density at radius 1 is 1.10 bits per heavy atom. The molecule has 0 radical (unpaired) electrons. The van der Waals surface area contributed by atoms with Crippen molar-refractivity contribution in [3.63, 3.8) is 0 Å². The van der Waals surface area contributed by atoms with Crippen LogP contribution in [0.15, 0.2) is 36.5 Å². The first kappa shape index (κ1) is 18.6. The summed E-state index contributed by atoms with van der Waals surface area (Å²) in [5, 5.41) is 11.4. The summed E-state index contributed by atoms with van der Waals surface area (Å²) in [6, 6.07) is 9.62. The van der Waals surface area contributed by atoms with Crippen molar-refractivity contribution in [2.75, 3.05) is 13.1 Å². The predicted molar refractivity (Wildman–Crippen MR) is 109 cm³/mol. The number of amides is 2. The largest absolute Gasteiger partial charge is 0.381 e. The molecule has 1 saturated carbocycles. The number of hydrogen-bond donors (Lipinski definition) is 1. The molecule has 1 aromatic heterocycles. The van der Waals surface area contributed by atoms with Gasteiger partial charge < -0.3 is 14.9 Å². The van der Waals surface area contributed by atoms with Crippen LogP contribution in [0.3, 0.4) is 0 Å². The minimum atomic E-state index is -0.825. The lowest BCUT2D eigenvalue weighted by molar-refractivity contribution is -0.200. The molecule has 3 heterocycles. The number of carbonyl (C=O) groups is 2. The predicted octanol–water partition coefficient (Wildman–Crippen LogP) is 2.75. The maximum Gasteiger partial charge on any atom is 0.254 e. The van der Waals surface area contributed by atoms with E-state index in [4.69, 9.17) is 0 Å². The third-order valence-corrected chi connectivity index (χ3v) is 7.15. The molecule has 1 unspecified atom stereocenters. The van der Waals surface area contributed by atoms with Crippen LogP contribution in [0.2, 0.25) is 0 Å². The summed E-state index contributed by atoms with van der Waals surface area (Å²) in [5.41, 5.74) is 1.23. The molecule has 3 fully saturated rings. The molecule has 1 aromatic carbocycles. The van der Waals surface area contributed by atoms with Crippen molar-refractivity contribution >= 4 is 22.7 Å². The number of aliphatic hydroxyl groups excluding tert-OH is 1. The Morgan fingerprint density at radius 3 is 2.62 bits per heavy atom. The van der Waals surface area contributed by atoms with Crippen LogP contribution in [0, 0.1) is 0 Å². The molecule has 2 aliphatic heterocycles. The monoisotopic (exact) mass is 393 g/mol. The lowest BCUT2D eigenvalue weighted by atomic mass is 9.68. The topological polar surface area (TPSA) is 73.7 Å². The first-order valence-electron chi connectivity index (χ1n) is 10.8. The van der Waals surface area contributed by atoms with E-state index in [9.17, 15) is 14.7 Å². The van der Waals surface area contributed by atoms with E-state index in [0.29, 0.717) is 18.7 Å². The van der Waals surface area contributed by atoms with E-state index < -0.39 is 6.10 Å². The average Bonchev–Trinajstić information content (AvgIpc) is 2.79. The van der Waals surface area contributed by atoms with Gasteiger partial charge in [0, 0.05) is 36.3 Å². The summed E-state index contributed by atoms with van der Waals surface area (Å²) in [6.45, 7) is 1.29. The molecule has 2 aromatic rings. The Labute approximate surface area is 170 Å². The molecule has 0 bridgehead atoms. The van der Waals surface area contributed by atoms with Crippen LogP contribution in [0.5, 0.6) is 0 Å². The number of piperidine rings is 1. The Bertz CT molecular complexity index is 945. The number of hydrogen-bond acceptors (Lipinski definition) is 4. The number of pyridine rings is 1. The van der Waals surface area contributed by atoms with Crippen molar-refractivity contribution in [1.82, 2.24) is 14.8 Å². The Hall–Kier alpha value is -2.47. The van der Waals surface area contributed by atoms with Crippen LogP contribution >= 0.6 is 0 Å². The fourth-order valence-corrected chi connectivity index (χ4v) is 5.59. The molecule has 1 aliphatic carbocycles. The molecule has 6 nitrogen and oxygen atoms in total. The van der Waals surface area contributed by atoms with Crippen molar-refractivity contribution in [3.05, 3.63) is 42.1 Å². The molecule has 3 aliphatic rings. The third kappa shape index (κ3) is 2.92. The summed E-state index contributed by atoms with van der Waals surface area (Å²) >= 11 is 0. The molecule has 5 rings (SSSR count). The molecule has 1 spiro atoms. The maximum absolute atomic E-state index is 13.0. The van der Waals surface area contributed by atoms with Crippen molar-refractivity contribution in [3.8, 4) is 0 Å². The van der Waals surface area contributed by atoms with E-state index in [0.717, 1.165) is 49.4 Å². The van der Waals surface area contributed by atoms with Gasteiger partial charge in [-0.3, -0.25) is 14.6 Å². The highest BCUT2D eigenvalue weighted by molar-refractivity contribution is 5.98. The first-order chi connectivity index (χ1) is 14.1. The van der Waals surface area contributed by atoms with Gasteiger partial charge in [-0.15, -0.1) is 0 Å². The highest BCUT2D eigenvalue weighted by Gasteiger charge is 2.61. The van der Waals surface area contributed by atoms with E-state index in [1.54, 1.807) is 6.20 Å². The minimum Gasteiger partial charge on any atom is -0.381 e. The van der Waals surface area contributed by atoms with E-state index in [2.05, 4.69) is 4.98 Å². The van der Waals surface area contributed by atoms with Gasteiger partial charge in [-0.05, 0) is 49.9 Å². The molecule has 1 atom stereocenters. The van der Waals surface area contributed by atoms with Crippen molar-refractivity contribution in [1.29, 1.82) is 0 Å². The highest BCUT2D eigenvalue weighted by atomic mass is 16.3. The number of rotatable bonds is 2. The van der Waals surface area contributed by atoms with E-state index in [-0.39, 0.29) is 23.4 Å². The molecule has 1 N–H and O–H groups in total. The highest BCUT2D eigenvalue weighted by Crippen LogP contribution is 2.46. The van der Waals surface area contributed by atoms with Gasteiger partial charge in [0.2, 0.25) is 0 Å². The summed E-state index contributed by atoms with van der Waals surface area (Å²) < 4.78 is 0. The molecule has 29 heavy (non-hydrogen) atoms. The van der Waals surface area contributed by atoms with Crippen LogP contribution in [0.25, 0.3) is 10.9 Å². The van der Waals surface area contributed by atoms with E-state index in [1.165, 1.54) is 6.42 Å². The second kappa shape index (κ2) is 7.10. The molecular weight excluding hydrogens is 366 g/mol. The van der Waals surface area contributed by atoms with E-state index >= 15 is 0 Å². The lowest BCUT2D eigenvalue weighted by Gasteiger charge is -2.61. The van der Waals surface area contributed by atoms with Gasteiger partial charge >= 0.3 is 0 Å². The Kier molecular flexibility index (Phi) is 4.54. The van der Waals surface area contributed by atoms with Gasteiger partial charge in [-0.25, -0.2) is 0 Å². The fraction of sp³-hybridized carbons (Fsp3) is 0.522. The van der Waals surface area contributed by atoms with Crippen molar-refractivity contribution in [2.24, 2.45) is 0 Å². The van der Waals surface area contributed by atoms with Gasteiger partial charge in [0.15, 0.2) is 6.10 Å². The number of likely N-dealkylation sites (tertiary alicyclic amines) is 2. The fourth-order valence-electron chi connectivity index (χ4n) is 5.59. The van der Waals surface area contributed by atoms with Crippen molar-refractivity contribution in [2.45, 2.75) is 62.6 Å². The average molecular weight is 393 g/mol. The van der Waals surface area contributed by atoms with Crippen LogP contribution in [-0.4, -0.2) is 62.5 Å². The number of carbonyl (C=O) groups excluding carboxylic acids is 2. The maximum atomic E-state index is 13.0. The smallest absolute Gasteiger partial charge is 0.254 e. The summed E-state index contributed by atoms with van der Waals surface area (Å²) in [5.74, 6) is -0.0738. The molecule has 2 saturated heterocycles. The number of aromatic nitrogens is 1. The summed E-state index contributed by atoms with van der Waals surface area (Å²) in [6.07, 6.45) is 7.64. The zero-order valence-electron chi connectivity index (χ0n) is 16.6. The standard InChI is InChI=1S/C23H27N3O3/c27-20-22(29)26(23(20)10-2-1-3-11-23)18-8-13-25(14-9-18)21(28)17-6-7-19-16(15-17)5-4-12-24-19/h4-7,12,15,18,20,27H,1-3,8-11,13-14H2. The second-order valence-electron chi connectivity index (χ2n) is 8.71. The zero-order valence-corrected chi connectivity index (χ0v) is 16.6. The number of aliphatic hydroxyl groups is 1. The quantitative estimate of drug-likeness (QED) is 0.797. The second-order valence-corrected chi connectivity index (χ2v) is 8.71. The SMILES string of the molecule is O=C(c1ccc2ncccc2c1)N1CCC(N2C(=O)C(O)C23CCCCC3)CC1. The zero-order chi connectivity index (χ0) is 20.0. The summed E-state index contributed by atoms with van der Waals surface area (Å²) in [4.78, 5) is 33.7. The lowest BCUT2D eigenvalue weighted by Crippen LogP contribution is -2.77. The number of benzene rings is 1. The van der Waals surface area contributed by atoms with Gasteiger partial charge in [0.05, 0.1) is 11.1 Å². The normalized spacial score (nSPS) is 24.7. The molecule has 6 heteroatoms. The number of β-lactam (4-membered cyclic amide) rings is 1. The minimum absolute atomic E-state index is 0.0385. The van der Waals surface area contributed by atoms with Crippen LogP contribution in [0.4, 0.5) is 0 Å². The molecule has 152 valence electrons. The Balaban J connectivity index is 1.27. The molecule has 2 amide bonds. The number of fused-ring (bicyclic) bond motifs is 1. The third-order valence-electron chi connectivity index (χ3n) is 7.15. The molecular formula is C23H27N3O3. The van der Waals surface area contributed by atoms with Crippen LogP contribution in [-0.2, 0) is 4.79 Å². The summed E-state index contributed by atoms with van der Waals surface area (Å²) in [7, 11) is 0. The first-order valence-corrected chi connectivity index (χ1v) is 10.8. The van der Waals surface area contributed by atoms with Crippen LogP contribution < -0.4 is 0 Å². The van der Waals surface area contributed by atoms with Gasteiger partial charge in [-0.1, -0.05) is 25.3 Å². The van der Waals surface area contributed by atoms with Gasteiger partial charge in [0.1, 0.15) is 0 Å². The van der Waals surface area contributed by atoms with E-state index in [1.807, 2.05) is 40.1 Å². The van der Waals surface area contributed by atoms with Crippen molar-refractivity contribution < 1.29 is 14.7 Å². The Morgan fingerprint density at radius 2 is 1.86 bits per heavy atom. The van der Waals surface area contributed by atoms with Gasteiger partial charge in [0.25, 0.3) is 11.8 Å². The number of nitrogens with zero attached hydrogens (tertiary/aromatic N) is 3. The van der Waals surface area contributed by atoms with Crippen LogP contribution in [0.1, 0.15) is 55.3 Å².